The van der Waals surface area contributed by atoms with Crippen molar-refractivity contribution in [2.24, 2.45) is 5.10 Å². The highest BCUT2D eigenvalue weighted by molar-refractivity contribution is 9.11. The first kappa shape index (κ1) is 19.3. The lowest BCUT2D eigenvalue weighted by atomic mass is 10.0. The minimum atomic E-state index is -0.386. The van der Waals surface area contributed by atoms with Crippen molar-refractivity contribution in [3.63, 3.8) is 0 Å². The van der Waals surface area contributed by atoms with Crippen LogP contribution in [-0.2, 0) is 0 Å². The monoisotopic (exact) mass is 490 g/mol. The van der Waals surface area contributed by atoms with E-state index < -0.39 is 0 Å². The Kier molecular flexibility index (Phi) is 6.03. The molecule has 0 aliphatic carbocycles. The number of halogens is 3. The first-order chi connectivity index (χ1) is 13.0. The third-order valence-electron chi connectivity index (χ3n) is 3.75. The van der Waals surface area contributed by atoms with Gasteiger partial charge in [-0.25, -0.2) is 9.82 Å². The summed E-state index contributed by atoms with van der Waals surface area (Å²) in [5.41, 5.74) is 4.68. The van der Waals surface area contributed by atoms with Crippen molar-refractivity contribution in [1.82, 2.24) is 5.43 Å². The van der Waals surface area contributed by atoms with Gasteiger partial charge in [0.15, 0.2) is 0 Å². The third kappa shape index (κ3) is 4.61. The van der Waals surface area contributed by atoms with E-state index in [-0.39, 0.29) is 17.5 Å². The van der Waals surface area contributed by atoms with Crippen molar-refractivity contribution >= 4 is 44.0 Å². The van der Waals surface area contributed by atoms with Crippen LogP contribution in [-0.4, -0.2) is 17.2 Å². The van der Waals surface area contributed by atoms with Crippen LogP contribution in [0.15, 0.2) is 74.7 Å². The van der Waals surface area contributed by atoms with Crippen molar-refractivity contribution in [2.45, 2.75) is 0 Å². The number of aromatic hydroxyl groups is 1. The molecule has 3 aromatic carbocycles. The summed E-state index contributed by atoms with van der Waals surface area (Å²) in [5.74, 6) is -0.611. The van der Waals surface area contributed by atoms with Gasteiger partial charge in [0, 0.05) is 11.1 Å². The average molecular weight is 492 g/mol. The molecular weight excluding hydrogens is 479 g/mol. The molecule has 0 aromatic heterocycles. The van der Waals surface area contributed by atoms with E-state index in [2.05, 4.69) is 42.4 Å². The topological polar surface area (TPSA) is 61.7 Å². The molecule has 0 atom stereocenters. The lowest BCUT2D eigenvalue weighted by molar-refractivity contribution is 0.0955. The Hall–Kier alpha value is -2.51. The number of phenolic OH excluding ortho intramolecular Hbond substituents is 1. The number of hydrogen-bond acceptors (Lipinski definition) is 3. The molecule has 3 aromatic rings. The van der Waals surface area contributed by atoms with Crippen molar-refractivity contribution in [2.75, 3.05) is 0 Å². The number of carbonyl (C=O) groups is 1. The predicted octanol–water partition coefficient (Wildman–Crippen LogP) is 5.49. The number of rotatable bonds is 4. The Morgan fingerprint density at radius 3 is 2.30 bits per heavy atom. The van der Waals surface area contributed by atoms with E-state index in [0.717, 1.165) is 0 Å². The minimum absolute atomic E-state index is 0.0890. The second kappa shape index (κ2) is 8.45. The molecule has 0 bridgehead atoms. The van der Waals surface area contributed by atoms with Gasteiger partial charge in [0.1, 0.15) is 11.6 Å². The predicted molar refractivity (Wildman–Crippen MR) is 110 cm³/mol. The number of carbonyl (C=O) groups excluding carboxylic acids is 1. The van der Waals surface area contributed by atoms with Gasteiger partial charge in [0.05, 0.1) is 15.2 Å². The fraction of sp³-hybridized carbons (Fsp3) is 0. The van der Waals surface area contributed by atoms with Crippen LogP contribution in [0.4, 0.5) is 4.39 Å². The quantitative estimate of drug-likeness (QED) is 0.374. The van der Waals surface area contributed by atoms with Gasteiger partial charge in [-0.2, -0.15) is 5.10 Å². The van der Waals surface area contributed by atoms with Crippen LogP contribution < -0.4 is 5.43 Å². The summed E-state index contributed by atoms with van der Waals surface area (Å²) in [6.07, 6.45) is 1.46. The van der Waals surface area contributed by atoms with Gasteiger partial charge in [0.25, 0.3) is 5.91 Å². The number of amides is 1. The minimum Gasteiger partial charge on any atom is -0.506 e. The van der Waals surface area contributed by atoms with Gasteiger partial charge in [0.2, 0.25) is 0 Å². The zero-order chi connectivity index (χ0) is 19.4. The third-order valence-corrected chi connectivity index (χ3v) is 4.96. The Labute approximate surface area is 172 Å². The van der Waals surface area contributed by atoms with Crippen LogP contribution in [0.2, 0.25) is 0 Å². The van der Waals surface area contributed by atoms with E-state index in [9.17, 15) is 14.3 Å². The maximum atomic E-state index is 13.8. The Bertz CT molecular complexity index is 998. The smallest absolute Gasteiger partial charge is 0.271 e. The molecule has 0 heterocycles. The Morgan fingerprint density at radius 1 is 1.04 bits per heavy atom. The molecule has 27 heavy (non-hydrogen) atoms. The highest BCUT2D eigenvalue weighted by Gasteiger charge is 2.08. The van der Waals surface area contributed by atoms with Crippen molar-refractivity contribution in [1.29, 1.82) is 0 Å². The largest absolute Gasteiger partial charge is 0.506 e. The van der Waals surface area contributed by atoms with Gasteiger partial charge in [-0.15, -0.1) is 0 Å². The number of hydrazone groups is 1. The molecule has 1 amide bonds. The Morgan fingerprint density at radius 2 is 1.67 bits per heavy atom. The molecule has 0 unspecified atom stereocenters. The summed E-state index contributed by atoms with van der Waals surface area (Å²) in [6.45, 7) is 0. The van der Waals surface area contributed by atoms with Crippen LogP contribution in [0, 0.1) is 5.82 Å². The number of hydrogen-bond donors (Lipinski definition) is 2. The normalized spacial score (nSPS) is 10.9. The molecule has 0 spiro atoms. The first-order valence-corrected chi connectivity index (χ1v) is 9.40. The maximum Gasteiger partial charge on any atom is 0.271 e. The van der Waals surface area contributed by atoms with Gasteiger partial charge in [-0.05, 0) is 73.3 Å². The van der Waals surface area contributed by atoms with Crippen molar-refractivity contribution in [3.8, 4) is 16.9 Å². The summed E-state index contributed by atoms with van der Waals surface area (Å²) < 4.78 is 14.8. The molecule has 0 saturated carbocycles. The summed E-state index contributed by atoms with van der Waals surface area (Å²) >= 11 is 6.46. The van der Waals surface area contributed by atoms with Gasteiger partial charge in [-0.3, -0.25) is 4.79 Å². The van der Waals surface area contributed by atoms with Gasteiger partial charge in [-0.1, -0.05) is 30.3 Å². The molecule has 0 fully saturated rings. The molecular formula is C20H13Br2FN2O2. The number of phenols is 1. The molecule has 3 rings (SSSR count). The van der Waals surface area contributed by atoms with E-state index in [4.69, 9.17) is 0 Å². The van der Waals surface area contributed by atoms with Crippen LogP contribution >= 0.6 is 31.9 Å². The second-order valence-electron chi connectivity index (χ2n) is 5.59. The van der Waals surface area contributed by atoms with Crippen molar-refractivity contribution in [3.05, 3.63) is 86.6 Å². The fourth-order valence-electron chi connectivity index (χ4n) is 2.39. The van der Waals surface area contributed by atoms with E-state index in [1.54, 1.807) is 54.6 Å². The zero-order valence-electron chi connectivity index (χ0n) is 13.8. The van der Waals surface area contributed by atoms with Crippen LogP contribution in [0.25, 0.3) is 11.1 Å². The molecule has 2 N–H and O–H groups in total. The summed E-state index contributed by atoms with van der Waals surface area (Å²) in [4.78, 5) is 12.2. The van der Waals surface area contributed by atoms with Crippen LogP contribution in [0.1, 0.15) is 15.9 Å². The number of nitrogens with one attached hydrogen (secondary N) is 1. The molecule has 4 nitrogen and oxygen atoms in total. The second-order valence-corrected chi connectivity index (χ2v) is 7.30. The Balaban J connectivity index is 1.69. The van der Waals surface area contributed by atoms with E-state index in [1.165, 1.54) is 12.3 Å². The lowest BCUT2D eigenvalue weighted by Crippen LogP contribution is -2.17. The number of benzene rings is 3. The molecule has 0 aliphatic rings. The molecule has 0 saturated heterocycles. The first-order valence-electron chi connectivity index (χ1n) is 7.82. The van der Waals surface area contributed by atoms with Gasteiger partial charge >= 0.3 is 0 Å². The lowest BCUT2D eigenvalue weighted by Gasteiger charge is -2.05. The molecule has 136 valence electrons. The maximum absolute atomic E-state index is 13.8. The highest BCUT2D eigenvalue weighted by atomic mass is 79.9. The molecule has 7 heteroatoms. The average Bonchev–Trinajstić information content (AvgIpc) is 2.66. The van der Waals surface area contributed by atoms with E-state index in [0.29, 0.717) is 31.2 Å². The fourth-order valence-corrected chi connectivity index (χ4v) is 3.61. The molecule has 0 aliphatic heterocycles. The van der Waals surface area contributed by atoms with Crippen molar-refractivity contribution < 1.29 is 14.3 Å². The van der Waals surface area contributed by atoms with Crippen LogP contribution in [0.3, 0.4) is 0 Å². The summed E-state index contributed by atoms with van der Waals surface area (Å²) in [6, 6.07) is 16.4. The van der Waals surface area contributed by atoms with E-state index >= 15 is 0 Å². The molecule has 0 radical (unpaired) electrons. The SMILES string of the molecule is O=C(NN=Cc1cc(Br)c(O)c(Br)c1)c1ccc(-c2ccccc2F)cc1. The van der Waals surface area contributed by atoms with E-state index in [1.807, 2.05) is 0 Å². The van der Waals surface area contributed by atoms with Gasteiger partial charge < -0.3 is 5.11 Å². The van der Waals surface area contributed by atoms with Crippen LogP contribution in [0.5, 0.6) is 5.75 Å². The summed E-state index contributed by atoms with van der Waals surface area (Å²) in [5, 5.41) is 13.6. The summed E-state index contributed by atoms with van der Waals surface area (Å²) in [7, 11) is 0. The number of nitrogens with zero attached hydrogens (tertiary/aromatic N) is 1. The highest BCUT2D eigenvalue weighted by Crippen LogP contribution is 2.32. The standard InChI is InChI=1S/C20H13Br2FN2O2/c21-16-9-12(10-17(22)19(16)26)11-24-25-20(27)14-7-5-13(6-8-14)15-3-1-2-4-18(15)23/h1-11,26H,(H,25,27). The zero-order valence-corrected chi connectivity index (χ0v) is 17.0.